The first-order valence-electron chi connectivity index (χ1n) is 6.78. The van der Waals surface area contributed by atoms with Crippen LogP contribution in [0.2, 0.25) is 0 Å². The van der Waals surface area contributed by atoms with Crippen LogP contribution < -0.4 is 10.1 Å². The zero-order chi connectivity index (χ0) is 14.4. The van der Waals surface area contributed by atoms with Gasteiger partial charge in [-0.15, -0.1) is 0 Å². The van der Waals surface area contributed by atoms with Crippen molar-refractivity contribution in [1.82, 2.24) is 5.32 Å². The van der Waals surface area contributed by atoms with E-state index in [0.29, 0.717) is 0 Å². The van der Waals surface area contributed by atoms with Gasteiger partial charge in [0, 0.05) is 5.92 Å². The molecule has 2 aromatic carbocycles. The van der Waals surface area contributed by atoms with Gasteiger partial charge in [-0.1, -0.05) is 24.3 Å². The van der Waals surface area contributed by atoms with Crippen molar-refractivity contribution in [1.29, 1.82) is 0 Å². The highest BCUT2D eigenvalue weighted by atomic mass is 19.1. The minimum Gasteiger partial charge on any atom is -0.497 e. The van der Waals surface area contributed by atoms with Crippen LogP contribution in [0.5, 0.6) is 5.75 Å². The number of ether oxygens (including phenoxy) is 1. The maximum atomic E-state index is 13.5. The van der Waals surface area contributed by atoms with Gasteiger partial charge >= 0.3 is 0 Å². The van der Waals surface area contributed by atoms with E-state index < -0.39 is 0 Å². The van der Waals surface area contributed by atoms with Crippen LogP contribution in [0.3, 0.4) is 0 Å². The molecule has 106 valence electrons. The minimum absolute atomic E-state index is 0.160. The van der Waals surface area contributed by atoms with Crippen molar-refractivity contribution in [3.63, 3.8) is 0 Å². The molecule has 1 unspecified atom stereocenters. The van der Waals surface area contributed by atoms with E-state index in [9.17, 15) is 4.39 Å². The number of nitrogens with one attached hydrogen (secondary N) is 1. The summed E-state index contributed by atoms with van der Waals surface area (Å²) in [5.74, 6) is 0.793. The number of hydrogen-bond acceptors (Lipinski definition) is 2. The molecule has 0 aromatic heterocycles. The van der Waals surface area contributed by atoms with Crippen LogP contribution in [0, 0.1) is 5.82 Å². The molecule has 1 atom stereocenters. The molecule has 0 aliphatic carbocycles. The predicted molar refractivity (Wildman–Crippen MR) is 79.8 cm³/mol. The number of benzene rings is 2. The van der Waals surface area contributed by atoms with E-state index in [-0.39, 0.29) is 11.7 Å². The summed E-state index contributed by atoms with van der Waals surface area (Å²) in [6, 6.07) is 14.8. The fourth-order valence-electron chi connectivity index (χ4n) is 2.40. The van der Waals surface area contributed by atoms with E-state index in [1.54, 1.807) is 19.2 Å². The van der Waals surface area contributed by atoms with Crippen molar-refractivity contribution in [2.75, 3.05) is 20.7 Å². The lowest BCUT2D eigenvalue weighted by Crippen LogP contribution is -2.13. The van der Waals surface area contributed by atoms with Gasteiger partial charge in [-0.2, -0.15) is 0 Å². The van der Waals surface area contributed by atoms with Gasteiger partial charge in [0.1, 0.15) is 11.6 Å². The van der Waals surface area contributed by atoms with Gasteiger partial charge in [0.15, 0.2) is 0 Å². The second-order valence-electron chi connectivity index (χ2n) is 4.78. The van der Waals surface area contributed by atoms with Gasteiger partial charge < -0.3 is 10.1 Å². The van der Waals surface area contributed by atoms with Crippen LogP contribution in [0.15, 0.2) is 48.5 Å². The van der Waals surface area contributed by atoms with Crippen molar-refractivity contribution in [3.8, 4) is 5.75 Å². The van der Waals surface area contributed by atoms with Crippen molar-refractivity contribution < 1.29 is 9.13 Å². The zero-order valence-electron chi connectivity index (χ0n) is 11.9. The SMILES string of the molecule is CNCCC(c1cccc(F)c1)c1cccc(OC)c1. The van der Waals surface area contributed by atoms with E-state index >= 15 is 0 Å². The molecule has 0 saturated heterocycles. The molecule has 2 aromatic rings. The maximum Gasteiger partial charge on any atom is 0.123 e. The Labute approximate surface area is 119 Å². The summed E-state index contributed by atoms with van der Waals surface area (Å²) in [6.45, 7) is 0.873. The topological polar surface area (TPSA) is 21.3 Å². The Morgan fingerprint density at radius 1 is 1.10 bits per heavy atom. The Hall–Kier alpha value is -1.87. The van der Waals surface area contributed by atoms with E-state index in [4.69, 9.17) is 4.74 Å². The highest BCUT2D eigenvalue weighted by Crippen LogP contribution is 2.30. The van der Waals surface area contributed by atoms with Gasteiger partial charge in [-0.05, 0) is 55.4 Å². The Morgan fingerprint density at radius 3 is 2.45 bits per heavy atom. The minimum atomic E-state index is -0.195. The van der Waals surface area contributed by atoms with E-state index in [1.165, 1.54) is 6.07 Å². The van der Waals surface area contributed by atoms with Crippen LogP contribution >= 0.6 is 0 Å². The van der Waals surface area contributed by atoms with Crippen molar-refractivity contribution in [2.45, 2.75) is 12.3 Å². The Balaban J connectivity index is 2.35. The van der Waals surface area contributed by atoms with Crippen molar-refractivity contribution in [3.05, 3.63) is 65.5 Å². The lowest BCUT2D eigenvalue weighted by Gasteiger charge is -2.18. The van der Waals surface area contributed by atoms with Crippen molar-refractivity contribution >= 4 is 0 Å². The lowest BCUT2D eigenvalue weighted by atomic mass is 9.88. The quantitative estimate of drug-likeness (QED) is 0.868. The summed E-state index contributed by atoms with van der Waals surface area (Å²) in [4.78, 5) is 0. The largest absolute Gasteiger partial charge is 0.497 e. The van der Waals surface area contributed by atoms with Gasteiger partial charge in [0.05, 0.1) is 7.11 Å². The molecule has 2 rings (SSSR count). The van der Waals surface area contributed by atoms with Crippen LogP contribution in [0.1, 0.15) is 23.5 Å². The predicted octanol–water partition coefficient (Wildman–Crippen LogP) is 3.58. The van der Waals surface area contributed by atoms with Gasteiger partial charge in [0.25, 0.3) is 0 Å². The fourth-order valence-corrected chi connectivity index (χ4v) is 2.40. The highest BCUT2D eigenvalue weighted by Gasteiger charge is 2.15. The van der Waals surface area contributed by atoms with E-state index in [2.05, 4.69) is 11.4 Å². The first-order chi connectivity index (χ1) is 9.74. The number of methoxy groups -OCH3 is 1. The van der Waals surface area contributed by atoms with Gasteiger partial charge in [0.2, 0.25) is 0 Å². The summed E-state index contributed by atoms with van der Waals surface area (Å²) in [5, 5.41) is 3.16. The van der Waals surface area contributed by atoms with Crippen LogP contribution in [-0.2, 0) is 0 Å². The second kappa shape index (κ2) is 7.06. The molecule has 20 heavy (non-hydrogen) atoms. The molecule has 0 saturated carbocycles. The van der Waals surface area contributed by atoms with Crippen molar-refractivity contribution in [2.24, 2.45) is 0 Å². The first-order valence-corrected chi connectivity index (χ1v) is 6.78. The smallest absolute Gasteiger partial charge is 0.123 e. The molecule has 0 amide bonds. The zero-order valence-corrected chi connectivity index (χ0v) is 11.9. The highest BCUT2D eigenvalue weighted by molar-refractivity contribution is 5.37. The fraction of sp³-hybridized carbons (Fsp3) is 0.294. The lowest BCUT2D eigenvalue weighted by molar-refractivity contribution is 0.414. The van der Waals surface area contributed by atoms with Crippen LogP contribution in [-0.4, -0.2) is 20.7 Å². The summed E-state index contributed by atoms with van der Waals surface area (Å²) in [7, 11) is 3.58. The molecule has 0 aliphatic heterocycles. The molecular formula is C17H20FNO. The molecule has 0 fully saturated rings. The normalized spacial score (nSPS) is 12.2. The summed E-state index contributed by atoms with van der Waals surface area (Å²) < 4.78 is 18.7. The van der Waals surface area contributed by atoms with E-state index in [1.807, 2.05) is 31.3 Å². The molecule has 0 heterocycles. The Morgan fingerprint density at radius 2 is 1.80 bits per heavy atom. The van der Waals surface area contributed by atoms with Gasteiger partial charge in [-0.3, -0.25) is 0 Å². The third-order valence-corrected chi connectivity index (χ3v) is 3.43. The maximum absolute atomic E-state index is 13.5. The first kappa shape index (κ1) is 14.5. The third-order valence-electron chi connectivity index (χ3n) is 3.43. The third kappa shape index (κ3) is 3.58. The van der Waals surface area contributed by atoms with E-state index in [0.717, 1.165) is 29.8 Å². The van der Waals surface area contributed by atoms with Gasteiger partial charge in [-0.25, -0.2) is 4.39 Å². The summed E-state index contributed by atoms with van der Waals surface area (Å²) >= 11 is 0. The monoisotopic (exact) mass is 273 g/mol. The average molecular weight is 273 g/mol. The molecule has 1 N–H and O–H groups in total. The standard InChI is InChI=1S/C17H20FNO/c1-19-10-9-17(13-5-3-7-15(18)11-13)14-6-4-8-16(12-14)20-2/h3-8,11-12,17,19H,9-10H2,1-2H3. The molecular weight excluding hydrogens is 253 g/mol. The van der Waals surface area contributed by atoms with Crippen LogP contribution in [0.4, 0.5) is 4.39 Å². The Bertz CT molecular complexity index is 556. The molecule has 3 heteroatoms. The summed E-state index contributed by atoms with van der Waals surface area (Å²) in [5.41, 5.74) is 2.14. The molecule has 2 nitrogen and oxygen atoms in total. The summed E-state index contributed by atoms with van der Waals surface area (Å²) in [6.07, 6.45) is 0.910. The average Bonchev–Trinajstić information content (AvgIpc) is 2.48. The molecule has 0 spiro atoms. The van der Waals surface area contributed by atoms with Crippen LogP contribution in [0.25, 0.3) is 0 Å². The Kier molecular flexibility index (Phi) is 5.13. The number of rotatable bonds is 6. The second-order valence-corrected chi connectivity index (χ2v) is 4.78. The number of hydrogen-bond donors (Lipinski definition) is 1. The molecule has 0 aliphatic rings. The molecule has 0 radical (unpaired) electrons. The number of halogens is 1. The molecule has 0 bridgehead atoms.